The van der Waals surface area contributed by atoms with Crippen molar-refractivity contribution in [2.24, 2.45) is 23.2 Å². The lowest BCUT2D eigenvalue weighted by atomic mass is 9.58. The van der Waals surface area contributed by atoms with Crippen molar-refractivity contribution in [3.05, 3.63) is 0 Å². The van der Waals surface area contributed by atoms with Crippen LogP contribution in [-0.4, -0.2) is 33.0 Å². The van der Waals surface area contributed by atoms with Crippen molar-refractivity contribution in [3.63, 3.8) is 0 Å². The number of aliphatic carboxylic acids is 1. The van der Waals surface area contributed by atoms with Crippen LogP contribution in [0.25, 0.3) is 0 Å². The summed E-state index contributed by atoms with van der Waals surface area (Å²) in [5.74, 6) is -1.35. The number of hydrogen-bond donors (Lipinski definition) is 3. The second kappa shape index (κ2) is 4.20. The smallest absolute Gasteiger partial charge is 0.309 e. The molecule has 0 aromatic carbocycles. The maximum atomic E-state index is 11.2. The summed E-state index contributed by atoms with van der Waals surface area (Å²) in [6.07, 6.45) is 1.53. The second-order valence-corrected chi connectivity index (χ2v) is 6.79. The van der Waals surface area contributed by atoms with Crippen LogP contribution in [0.1, 0.15) is 46.5 Å². The first-order chi connectivity index (χ1) is 8.21. The van der Waals surface area contributed by atoms with Gasteiger partial charge in [-0.2, -0.15) is 0 Å². The van der Waals surface area contributed by atoms with Crippen molar-refractivity contribution in [2.45, 2.75) is 58.2 Å². The van der Waals surface area contributed by atoms with E-state index in [2.05, 4.69) is 13.8 Å². The number of rotatable bonds is 2. The highest BCUT2D eigenvalue weighted by atomic mass is 16.4. The van der Waals surface area contributed by atoms with E-state index >= 15 is 0 Å². The Labute approximate surface area is 108 Å². The van der Waals surface area contributed by atoms with Crippen molar-refractivity contribution in [3.8, 4) is 0 Å². The lowest BCUT2D eigenvalue weighted by molar-refractivity contribution is -0.182. The highest BCUT2D eigenvalue weighted by Crippen LogP contribution is 2.60. The molecule has 2 fully saturated rings. The number of carboxylic acids is 1. The topological polar surface area (TPSA) is 77.8 Å². The first-order valence-electron chi connectivity index (χ1n) is 6.84. The molecule has 0 spiro atoms. The third kappa shape index (κ3) is 1.77. The van der Waals surface area contributed by atoms with Crippen LogP contribution in [0.15, 0.2) is 0 Å². The highest BCUT2D eigenvalue weighted by molar-refractivity contribution is 5.71. The number of fused-ring (bicyclic) bond motifs is 1. The highest BCUT2D eigenvalue weighted by Gasteiger charge is 2.62. The Hall–Kier alpha value is -0.610. The predicted octanol–water partition coefficient (Wildman–Crippen LogP) is 1.65. The van der Waals surface area contributed by atoms with E-state index in [0.717, 1.165) is 12.8 Å². The molecule has 0 heterocycles. The van der Waals surface area contributed by atoms with Gasteiger partial charge in [0.05, 0.1) is 17.6 Å². The summed E-state index contributed by atoms with van der Waals surface area (Å²) in [5.41, 5.74) is -1.28. The van der Waals surface area contributed by atoms with Gasteiger partial charge in [-0.3, -0.25) is 4.79 Å². The van der Waals surface area contributed by atoms with Crippen LogP contribution >= 0.6 is 0 Å². The van der Waals surface area contributed by atoms with E-state index in [1.807, 2.05) is 6.92 Å². The molecule has 0 unspecified atom stereocenters. The van der Waals surface area contributed by atoms with Crippen molar-refractivity contribution in [2.75, 3.05) is 0 Å². The van der Waals surface area contributed by atoms with Crippen LogP contribution in [0.2, 0.25) is 0 Å². The molecule has 2 rings (SSSR count). The molecule has 2 saturated carbocycles. The molecule has 0 amide bonds. The monoisotopic (exact) mass is 256 g/mol. The van der Waals surface area contributed by atoms with Gasteiger partial charge in [0.2, 0.25) is 0 Å². The number of aliphatic hydroxyl groups excluding tert-OH is 1. The SMILES string of the molecule is CC(C)[C@H]1CC[C@]2(C)C[C@H](O)[C@@H](C(=O)O)C[C@]12O. The molecular weight excluding hydrogens is 232 g/mol. The molecule has 4 heteroatoms. The Balaban J connectivity index is 2.34. The van der Waals surface area contributed by atoms with Gasteiger partial charge in [-0.25, -0.2) is 0 Å². The van der Waals surface area contributed by atoms with Gasteiger partial charge in [0.1, 0.15) is 0 Å². The standard InChI is InChI=1S/C14H24O4/c1-8(2)10-4-5-13(3)7-11(15)9(12(16)17)6-14(10,13)18/h8-11,15,18H,4-7H2,1-3H3,(H,16,17)/t9-,10+,11-,13+,14-/m0/s1. The molecule has 0 radical (unpaired) electrons. The summed E-state index contributed by atoms with van der Waals surface area (Å²) in [6, 6.07) is 0. The van der Waals surface area contributed by atoms with Crippen molar-refractivity contribution in [1.29, 1.82) is 0 Å². The first kappa shape index (κ1) is 13.8. The maximum Gasteiger partial charge on any atom is 0.309 e. The molecule has 0 saturated heterocycles. The van der Waals surface area contributed by atoms with Gasteiger partial charge in [0.25, 0.3) is 0 Å². The number of aliphatic hydroxyl groups is 2. The summed E-state index contributed by atoms with van der Waals surface area (Å²) in [4.78, 5) is 11.2. The van der Waals surface area contributed by atoms with E-state index in [-0.39, 0.29) is 17.8 Å². The van der Waals surface area contributed by atoms with E-state index in [1.165, 1.54) is 0 Å². The van der Waals surface area contributed by atoms with Gasteiger partial charge in [0, 0.05) is 0 Å². The van der Waals surface area contributed by atoms with Gasteiger partial charge < -0.3 is 15.3 Å². The Morgan fingerprint density at radius 2 is 1.94 bits per heavy atom. The minimum Gasteiger partial charge on any atom is -0.481 e. The van der Waals surface area contributed by atoms with Gasteiger partial charge in [0.15, 0.2) is 0 Å². The quantitative estimate of drug-likeness (QED) is 0.702. The van der Waals surface area contributed by atoms with Crippen molar-refractivity contribution >= 4 is 5.97 Å². The van der Waals surface area contributed by atoms with E-state index < -0.39 is 23.6 Å². The molecule has 0 aliphatic heterocycles. The molecule has 2 aliphatic rings. The molecule has 5 atom stereocenters. The average Bonchev–Trinajstić information content (AvgIpc) is 2.48. The summed E-state index contributed by atoms with van der Waals surface area (Å²) in [7, 11) is 0. The fraction of sp³-hybridized carbons (Fsp3) is 0.929. The molecule has 0 aromatic rings. The molecule has 3 N–H and O–H groups in total. The fourth-order valence-corrected chi connectivity index (χ4v) is 4.27. The molecule has 2 aliphatic carbocycles. The predicted molar refractivity (Wildman–Crippen MR) is 67.0 cm³/mol. The second-order valence-electron chi connectivity index (χ2n) is 6.79. The van der Waals surface area contributed by atoms with Gasteiger partial charge >= 0.3 is 5.97 Å². The lowest BCUT2D eigenvalue weighted by Crippen LogP contribution is -2.57. The largest absolute Gasteiger partial charge is 0.481 e. The van der Waals surface area contributed by atoms with Crippen LogP contribution in [0.3, 0.4) is 0 Å². The molecule has 104 valence electrons. The third-order valence-electron chi connectivity index (χ3n) is 5.44. The molecule has 18 heavy (non-hydrogen) atoms. The number of carbonyl (C=O) groups is 1. The molecule has 4 nitrogen and oxygen atoms in total. The minimum absolute atomic E-state index is 0.136. The van der Waals surface area contributed by atoms with E-state index in [4.69, 9.17) is 0 Å². The van der Waals surface area contributed by atoms with Gasteiger partial charge in [-0.1, -0.05) is 20.8 Å². The maximum absolute atomic E-state index is 11.2. The Kier molecular flexibility index (Phi) is 3.23. The van der Waals surface area contributed by atoms with E-state index in [0.29, 0.717) is 12.3 Å². The minimum atomic E-state index is -0.993. The van der Waals surface area contributed by atoms with Crippen molar-refractivity contribution < 1.29 is 20.1 Å². The van der Waals surface area contributed by atoms with Gasteiger partial charge in [-0.15, -0.1) is 0 Å². The van der Waals surface area contributed by atoms with Crippen LogP contribution < -0.4 is 0 Å². The zero-order chi connectivity index (χ0) is 13.7. The summed E-state index contributed by atoms with van der Waals surface area (Å²) >= 11 is 0. The fourth-order valence-electron chi connectivity index (χ4n) is 4.27. The summed E-state index contributed by atoms with van der Waals surface area (Å²) < 4.78 is 0. The van der Waals surface area contributed by atoms with Crippen LogP contribution in [0.4, 0.5) is 0 Å². The van der Waals surface area contributed by atoms with Crippen molar-refractivity contribution in [1.82, 2.24) is 0 Å². The van der Waals surface area contributed by atoms with E-state index in [9.17, 15) is 20.1 Å². The molecule has 0 aromatic heterocycles. The van der Waals surface area contributed by atoms with E-state index in [1.54, 1.807) is 0 Å². The average molecular weight is 256 g/mol. The molecule has 0 bridgehead atoms. The number of hydrogen-bond acceptors (Lipinski definition) is 3. The molecular formula is C14H24O4. The van der Waals surface area contributed by atoms with Crippen LogP contribution in [0, 0.1) is 23.2 Å². The lowest BCUT2D eigenvalue weighted by Gasteiger charge is -2.51. The number of carboxylic acid groups (broad SMARTS) is 1. The zero-order valence-corrected chi connectivity index (χ0v) is 11.4. The zero-order valence-electron chi connectivity index (χ0n) is 11.4. The Morgan fingerprint density at radius 3 is 2.44 bits per heavy atom. The van der Waals surface area contributed by atoms with Gasteiger partial charge in [-0.05, 0) is 42.9 Å². The summed E-state index contributed by atoms with van der Waals surface area (Å²) in [6.45, 7) is 6.15. The Bertz CT molecular complexity index is 354. The van der Waals surface area contributed by atoms with Crippen LogP contribution in [-0.2, 0) is 4.79 Å². The normalized spacial score (nSPS) is 48.2. The third-order valence-corrected chi connectivity index (χ3v) is 5.44. The first-order valence-corrected chi connectivity index (χ1v) is 6.84. The Morgan fingerprint density at radius 1 is 1.33 bits per heavy atom. The summed E-state index contributed by atoms with van der Waals surface area (Å²) in [5, 5.41) is 30.2. The van der Waals surface area contributed by atoms with Crippen LogP contribution in [0.5, 0.6) is 0 Å².